The van der Waals surface area contributed by atoms with Gasteiger partial charge in [-0.1, -0.05) is 18.2 Å². The SMILES string of the molecule is COc1ccc(/C(N=Nc2ccccc2)=N/c2nc(Nc3cc4c(C)cc(=O)oc4cc3C)cs2)cc1. The molecule has 2 aromatic heterocycles. The van der Waals surface area contributed by atoms with E-state index in [9.17, 15) is 4.79 Å². The predicted octanol–water partition coefficient (Wildman–Crippen LogP) is 7.48. The molecule has 0 aliphatic carbocycles. The Hall–Kier alpha value is -4.63. The van der Waals surface area contributed by atoms with Gasteiger partial charge in [0.15, 0.2) is 5.84 Å². The van der Waals surface area contributed by atoms with Crippen LogP contribution in [0.1, 0.15) is 16.7 Å². The third-order valence-corrected chi connectivity index (χ3v) is 6.35. The summed E-state index contributed by atoms with van der Waals surface area (Å²) in [6.07, 6.45) is 0. The second-order valence-corrected chi connectivity index (χ2v) is 9.09. The number of nitrogens with one attached hydrogen (secondary N) is 1. The smallest absolute Gasteiger partial charge is 0.336 e. The van der Waals surface area contributed by atoms with Gasteiger partial charge in [-0.2, -0.15) is 4.99 Å². The Bertz CT molecular complexity index is 1670. The van der Waals surface area contributed by atoms with Crippen molar-refractivity contribution in [2.24, 2.45) is 15.2 Å². The predicted molar refractivity (Wildman–Crippen MR) is 148 cm³/mol. The van der Waals surface area contributed by atoms with Gasteiger partial charge in [-0.05, 0) is 73.5 Å². The second-order valence-electron chi connectivity index (χ2n) is 8.25. The van der Waals surface area contributed by atoms with Gasteiger partial charge in [-0.3, -0.25) is 0 Å². The van der Waals surface area contributed by atoms with Crippen molar-refractivity contribution in [1.82, 2.24) is 4.98 Å². The number of azo groups is 1. The minimum absolute atomic E-state index is 0.357. The molecular weight excluding hydrogens is 486 g/mol. The molecule has 0 radical (unpaired) electrons. The van der Waals surface area contributed by atoms with Gasteiger partial charge in [0.1, 0.15) is 17.2 Å². The van der Waals surface area contributed by atoms with E-state index < -0.39 is 0 Å². The molecule has 0 unspecified atom stereocenters. The van der Waals surface area contributed by atoms with E-state index in [1.54, 1.807) is 7.11 Å². The first kappa shape index (κ1) is 24.1. The van der Waals surface area contributed by atoms with Crippen molar-refractivity contribution in [2.75, 3.05) is 12.4 Å². The summed E-state index contributed by atoms with van der Waals surface area (Å²) in [5.41, 5.74) is 4.36. The lowest BCUT2D eigenvalue weighted by atomic mass is 10.1. The summed E-state index contributed by atoms with van der Waals surface area (Å²) in [5.74, 6) is 1.82. The first-order chi connectivity index (χ1) is 18.0. The maximum absolute atomic E-state index is 11.7. The summed E-state index contributed by atoms with van der Waals surface area (Å²) in [5, 5.41) is 15.4. The number of methoxy groups -OCH3 is 1. The molecule has 184 valence electrons. The number of ether oxygens (including phenoxy) is 1. The lowest BCUT2D eigenvalue weighted by Crippen LogP contribution is -2.00. The van der Waals surface area contributed by atoms with Gasteiger partial charge in [-0.25, -0.2) is 9.78 Å². The molecule has 1 N–H and O–H groups in total. The number of aryl methyl sites for hydroxylation is 2. The van der Waals surface area contributed by atoms with Gasteiger partial charge in [0.05, 0.1) is 12.8 Å². The van der Waals surface area contributed by atoms with Crippen LogP contribution in [0.5, 0.6) is 5.75 Å². The highest BCUT2D eigenvalue weighted by Gasteiger charge is 2.11. The monoisotopic (exact) mass is 509 g/mol. The van der Waals surface area contributed by atoms with Crippen LogP contribution in [0.3, 0.4) is 0 Å². The number of benzene rings is 3. The van der Waals surface area contributed by atoms with Crippen LogP contribution in [-0.2, 0) is 0 Å². The molecule has 0 atom stereocenters. The molecule has 9 heteroatoms. The summed E-state index contributed by atoms with van der Waals surface area (Å²) in [6, 6.07) is 22.3. The van der Waals surface area contributed by atoms with E-state index >= 15 is 0 Å². The highest BCUT2D eigenvalue weighted by Crippen LogP contribution is 2.30. The number of anilines is 2. The van der Waals surface area contributed by atoms with E-state index in [4.69, 9.17) is 14.1 Å². The Morgan fingerprint density at radius 2 is 1.78 bits per heavy atom. The van der Waals surface area contributed by atoms with Crippen molar-refractivity contribution in [1.29, 1.82) is 0 Å². The van der Waals surface area contributed by atoms with Crippen LogP contribution >= 0.6 is 11.3 Å². The molecule has 5 aromatic rings. The number of fused-ring (bicyclic) bond motifs is 1. The Kier molecular flexibility index (Phi) is 6.87. The van der Waals surface area contributed by atoms with Crippen LogP contribution in [0.25, 0.3) is 11.0 Å². The number of amidine groups is 1. The zero-order valence-corrected chi connectivity index (χ0v) is 21.2. The highest BCUT2D eigenvalue weighted by molar-refractivity contribution is 7.13. The normalized spacial score (nSPS) is 11.8. The molecule has 37 heavy (non-hydrogen) atoms. The minimum Gasteiger partial charge on any atom is -0.497 e. The fourth-order valence-corrected chi connectivity index (χ4v) is 4.31. The average Bonchev–Trinajstić information content (AvgIpc) is 3.35. The van der Waals surface area contributed by atoms with Crippen LogP contribution in [0.15, 0.2) is 103 Å². The molecule has 3 aromatic carbocycles. The zero-order valence-electron chi connectivity index (χ0n) is 20.4. The molecule has 0 aliphatic heterocycles. The number of nitrogens with zero attached hydrogens (tertiary/aromatic N) is 4. The Morgan fingerprint density at radius 3 is 2.54 bits per heavy atom. The topological polar surface area (TPSA) is 101 Å². The van der Waals surface area contributed by atoms with Crippen molar-refractivity contribution < 1.29 is 9.15 Å². The summed E-state index contributed by atoms with van der Waals surface area (Å²) >= 11 is 1.39. The van der Waals surface area contributed by atoms with Crippen LogP contribution in [0.2, 0.25) is 0 Å². The summed E-state index contributed by atoms with van der Waals surface area (Å²) in [4.78, 5) is 21.0. The molecule has 8 nitrogen and oxygen atoms in total. The molecule has 2 heterocycles. The summed E-state index contributed by atoms with van der Waals surface area (Å²) in [6.45, 7) is 3.83. The molecule has 0 bridgehead atoms. The largest absolute Gasteiger partial charge is 0.497 e. The van der Waals surface area contributed by atoms with Crippen LogP contribution < -0.4 is 15.7 Å². The molecule has 0 saturated carbocycles. The van der Waals surface area contributed by atoms with Crippen LogP contribution in [-0.4, -0.2) is 17.9 Å². The summed E-state index contributed by atoms with van der Waals surface area (Å²) in [7, 11) is 1.62. The van der Waals surface area contributed by atoms with Gasteiger partial charge in [0.25, 0.3) is 0 Å². The molecule has 0 saturated heterocycles. The third kappa shape index (κ3) is 5.62. The van der Waals surface area contributed by atoms with E-state index in [0.29, 0.717) is 22.4 Å². The molecule has 0 spiro atoms. The van der Waals surface area contributed by atoms with E-state index in [1.807, 2.05) is 86.0 Å². The lowest BCUT2D eigenvalue weighted by Gasteiger charge is -2.09. The van der Waals surface area contributed by atoms with Crippen LogP contribution in [0.4, 0.5) is 22.3 Å². The van der Waals surface area contributed by atoms with Gasteiger partial charge in [0, 0.05) is 28.1 Å². The molecule has 0 fully saturated rings. The van der Waals surface area contributed by atoms with Gasteiger partial charge in [-0.15, -0.1) is 21.6 Å². The van der Waals surface area contributed by atoms with Crippen LogP contribution in [0, 0.1) is 13.8 Å². The Morgan fingerprint density at radius 1 is 1.00 bits per heavy atom. The number of aliphatic imine (C=N–C) groups is 1. The second kappa shape index (κ2) is 10.5. The first-order valence-corrected chi connectivity index (χ1v) is 12.3. The minimum atomic E-state index is -0.357. The Balaban J connectivity index is 1.46. The lowest BCUT2D eigenvalue weighted by molar-refractivity contribution is 0.415. The van der Waals surface area contributed by atoms with Crippen molar-refractivity contribution in [3.63, 3.8) is 0 Å². The molecule has 0 aliphatic rings. The standard InChI is InChI=1S/C28H23N5O3S/c1-17-14-26(34)36-24-13-18(2)23(15-22(17)24)29-25-16-37-28(30-25)31-27(19-9-11-21(35-3)12-10-19)33-32-20-7-5-4-6-8-20/h4-16,29H,1-3H3/b31-27-,33-32?. The average molecular weight is 510 g/mol. The first-order valence-electron chi connectivity index (χ1n) is 11.5. The van der Waals surface area contributed by atoms with Crippen molar-refractivity contribution in [3.8, 4) is 5.75 Å². The van der Waals surface area contributed by atoms with Crippen molar-refractivity contribution in [3.05, 3.63) is 105 Å². The van der Waals surface area contributed by atoms with E-state index in [2.05, 4.69) is 20.5 Å². The number of rotatable bonds is 6. The number of aromatic nitrogens is 1. The third-order valence-electron chi connectivity index (χ3n) is 5.62. The van der Waals surface area contributed by atoms with E-state index in [-0.39, 0.29) is 5.63 Å². The number of hydrogen-bond donors (Lipinski definition) is 1. The molecular formula is C28H23N5O3S. The van der Waals surface area contributed by atoms with Crippen molar-refractivity contribution >= 4 is 50.5 Å². The number of thiazole rings is 1. The van der Waals surface area contributed by atoms with Gasteiger partial charge >= 0.3 is 5.63 Å². The Labute approximate surface area is 217 Å². The van der Waals surface area contributed by atoms with E-state index in [0.717, 1.165) is 39.2 Å². The molecule has 5 rings (SSSR count). The zero-order chi connectivity index (χ0) is 25.8. The van der Waals surface area contributed by atoms with Crippen molar-refractivity contribution in [2.45, 2.75) is 13.8 Å². The summed E-state index contributed by atoms with van der Waals surface area (Å²) < 4.78 is 10.6. The fourth-order valence-electron chi connectivity index (χ4n) is 3.69. The molecule has 0 amide bonds. The quantitative estimate of drug-likeness (QED) is 0.111. The maximum Gasteiger partial charge on any atom is 0.336 e. The maximum atomic E-state index is 11.7. The fraction of sp³-hybridized carbons (Fsp3) is 0.107. The highest BCUT2D eigenvalue weighted by atomic mass is 32.1. The van der Waals surface area contributed by atoms with Gasteiger partial charge in [0.2, 0.25) is 5.13 Å². The number of hydrogen-bond acceptors (Lipinski definition) is 8. The van der Waals surface area contributed by atoms with Gasteiger partial charge < -0.3 is 14.5 Å². The van der Waals surface area contributed by atoms with E-state index in [1.165, 1.54) is 17.4 Å².